The van der Waals surface area contributed by atoms with Gasteiger partial charge in [0.1, 0.15) is 17.7 Å². The van der Waals surface area contributed by atoms with Crippen LogP contribution >= 0.6 is 11.6 Å². The maximum absolute atomic E-state index is 13.0. The summed E-state index contributed by atoms with van der Waals surface area (Å²) in [6, 6.07) is 5.67. The van der Waals surface area contributed by atoms with Gasteiger partial charge in [-0.1, -0.05) is 11.6 Å². The number of aromatic nitrogens is 2. The predicted molar refractivity (Wildman–Crippen MR) is 125 cm³/mol. The first kappa shape index (κ1) is 22.8. The number of hydrogen-bond acceptors (Lipinski definition) is 7. The van der Waals surface area contributed by atoms with Crippen LogP contribution in [0.3, 0.4) is 0 Å². The van der Waals surface area contributed by atoms with E-state index in [1.807, 2.05) is 6.07 Å². The molecule has 2 aromatic rings. The van der Waals surface area contributed by atoms with E-state index in [1.165, 1.54) is 18.5 Å². The van der Waals surface area contributed by atoms with Crippen LogP contribution in [0.1, 0.15) is 54.4 Å². The lowest BCUT2D eigenvalue weighted by Crippen LogP contribution is -2.40. The molecule has 0 bridgehead atoms. The van der Waals surface area contributed by atoms with E-state index in [4.69, 9.17) is 16.9 Å². The van der Waals surface area contributed by atoms with Crippen LogP contribution in [-0.2, 0) is 4.79 Å². The highest BCUT2D eigenvalue weighted by atomic mass is 35.5. The number of nitriles is 1. The van der Waals surface area contributed by atoms with Crippen LogP contribution in [0.4, 0.5) is 17.3 Å². The SMILES string of the molecule is CNC(=O)C1CCC(NC(=O)c2cnc(Nc3ncc(C#N)cc3Cl)cc2NC2CC2)CC1. The van der Waals surface area contributed by atoms with Crippen molar-refractivity contribution in [3.8, 4) is 6.07 Å². The predicted octanol–water partition coefficient (Wildman–Crippen LogP) is 3.35. The molecule has 0 spiro atoms. The molecule has 0 aliphatic heterocycles. The molecule has 0 atom stereocenters. The number of pyridine rings is 2. The van der Waals surface area contributed by atoms with Crippen LogP contribution < -0.4 is 21.3 Å². The number of amides is 2. The molecule has 4 N–H and O–H groups in total. The lowest BCUT2D eigenvalue weighted by atomic mass is 9.85. The Morgan fingerprint density at radius 2 is 1.79 bits per heavy atom. The number of hydrogen-bond donors (Lipinski definition) is 4. The van der Waals surface area contributed by atoms with Gasteiger partial charge in [-0.15, -0.1) is 0 Å². The van der Waals surface area contributed by atoms with E-state index >= 15 is 0 Å². The minimum absolute atomic E-state index is 0.0185. The monoisotopic (exact) mass is 467 g/mol. The molecule has 2 aromatic heterocycles. The molecular formula is C23H26ClN7O2. The highest BCUT2D eigenvalue weighted by molar-refractivity contribution is 6.33. The van der Waals surface area contributed by atoms with Gasteiger partial charge in [0.25, 0.3) is 5.91 Å². The summed E-state index contributed by atoms with van der Waals surface area (Å²) >= 11 is 6.21. The molecule has 172 valence electrons. The zero-order valence-corrected chi connectivity index (χ0v) is 19.1. The summed E-state index contributed by atoms with van der Waals surface area (Å²) in [5.74, 6) is 0.769. The Balaban J connectivity index is 1.46. The van der Waals surface area contributed by atoms with Gasteiger partial charge in [-0.25, -0.2) is 9.97 Å². The molecule has 2 aliphatic rings. The molecule has 0 unspecified atom stereocenters. The standard InChI is InChI=1S/C23H26ClN7O2/c1-26-22(32)14-2-4-16(5-3-14)30-23(33)17-12-27-20(9-19(17)29-15-6-7-15)31-21-18(24)8-13(10-25)11-28-21/h8-9,11-12,14-16H,2-7H2,1H3,(H,26,32)(H,30,33)(H2,27,28,29,31). The molecule has 4 rings (SSSR count). The Kier molecular flexibility index (Phi) is 6.94. The van der Waals surface area contributed by atoms with Gasteiger partial charge in [0.15, 0.2) is 0 Å². The average molecular weight is 468 g/mol. The molecule has 0 saturated heterocycles. The highest BCUT2D eigenvalue weighted by Crippen LogP contribution is 2.30. The third kappa shape index (κ3) is 5.71. The van der Waals surface area contributed by atoms with Crippen LogP contribution in [-0.4, -0.2) is 40.9 Å². The summed E-state index contributed by atoms with van der Waals surface area (Å²) < 4.78 is 0. The van der Waals surface area contributed by atoms with Crippen LogP contribution in [0.2, 0.25) is 5.02 Å². The second kappa shape index (κ2) is 10.0. The largest absolute Gasteiger partial charge is 0.382 e. The van der Waals surface area contributed by atoms with Gasteiger partial charge in [-0.2, -0.15) is 5.26 Å². The van der Waals surface area contributed by atoms with Gasteiger partial charge < -0.3 is 21.3 Å². The quantitative estimate of drug-likeness (QED) is 0.490. The molecule has 2 amide bonds. The van der Waals surface area contributed by atoms with E-state index in [-0.39, 0.29) is 23.8 Å². The fourth-order valence-electron chi connectivity index (χ4n) is 3.95. The number of carbonyl (C=O) groups excluding carboxylic acids is 2. The smallest absolute Gasteiger partial charge is 0.255 e. The van der Waals surface area contributed by atoms with Crippen molar-refractivity contribution in [1.82, 2.24) is 20.6 Å². The van der Waals surface area contributed by atoms with Crippen LogP contribution in [0.25, 0.3) is 0 Å². The first-order valence-electron chi connectivity index (χ1n) is 11.1. The Hall–Kier alpha value is -3.38. The van der Waals surface area contributed by atoms with Crippen molar-refractivity contribution >= 4 is 40.7 Å². The van der Waals surface area contributed by atoms with E-state index in [1.54, 1.807) is 13.1 Å². The van der Waals surface area contributed by atoms with E-state index in [0.717, 1.165) is 38.5 Å². The summed E-state index contributed by atoms with van der Waals surface area (Å²) in [6.07, 6.45) is 8.14. The Morgan fingerprint density at radius 1 is 1.06 bits per heavy atom. The number of nitrogens with zero attached hydrogens (tertiary/aromatic N) is 3. The summed E-state index contributed by atoms with van der Waals surface area (Å²) in [4.78, 5) is 33.4. The van der Waals surface area contributed by atoms with Crippen molar-refractivity contribution in [1.29, 1.82) is 5.26 Å². The minimum Gasteiger partial charge on any atom is -0.382 e. The van der Waals surface area contributed by atoms with Crippen molar-refractivity contribution in [2.75, 3.05) is 17.7 Å². The number of rotatable bonds is 7. The van der Waals surface area contributed by atoms with Crippen molar-refractivity contribution in [2.45, 2.75) is 50.6 Å². The van der Waals surface area contributed by atoms with Gasteiger partial charge in [0, 0.05) is 43.5 Å². The average Bonchev–Trinajstić information content (AvgIpc) is 3.64. The summed E-state index contributed by atoms with van der Waals surface area (Å²) in [7, 11) is 1.65. The summed E-state index contributed by atoms with van der Waals surface area (Å²) in [6.45, 7) is 0. The fraction of sp³-hybridized carbons (Fsp3) is 0.435. The summed E-state index contributed by atoms with van der Waals surface area (Å²) in [5.41, 5.74) is 1.53. The van der Waals surface area contributed by atoms with Gasteiger partial charge >= 0.3 is 0 Å². The minimum atomic E-state index is -0.185. The van der Waals surface area contributed by atoms with Crippen LogP contribution in [0.5, 0.6) is 0 Å². The number of anilines is 3. The van der Waals surface area contributed by atoms with E-state index in [0.29, 0.717) is 39.5 Å². The second-order valence-corrected chi connectivity index (χ2v) is 8.87. The zero-order chi connectivity index (χ0) is 23.4. The van der Waals surface area contributed by atoms with Crippen molar-refractivity contribution < 1.29 is 9.59 Å². The lowest BCUT2D eigenvalue weighted by molar-refractivity contribution is -0.125. The molecule has 0 radical (unpaired) electrons. The van der Waals surface area contributed by atoms with Gasteiger partial charge in [0.2, 0.25) is 5.91 Å². The lowest BCUT2D eigenvalue weighted by Gasteiger charge is -2.28. The highest BCUT2D eigenvalue weighted by Gasteiger charge is 2.28. The molecule has 0 aromatic carbocycles. The number of carbonyl (C=O) groups is 2. The molecule has 10 heteroatoms. The zero-order valence-electron chi connectivity index (χ0n) is 18.3. The van der Waals surface area contributed by atoms with E-state index < -0.39 is 0 Å². The maximum Gasteiger partial charge on any atom is 0.255 e. The fourth-order valence-corrected chi connectivity index (χ4v) is 4.16. The Labute approximate surface area is 197 Å². The van der Waals surface area contributed by atoms with Gasteiger partial charge in [-0.3, -0.25) is 9.59 Å². The summed E-state index contributed by atoms with van der Waals surface area (Å²) in [5, 5.41) is 21.5. The second-order valence-electron chi connectivity index (χ2n) is 8.46. The third-order valence-corrected chi connectivity index (χ3v) is 6.27. The van der Waals surface area contributed by atoms with Crippen LogP contribution in [0.15, 0.2) is 24.5 Å². The molecule has 9 nitrogen and oxygen atoms in total. The first-order valence-corrected chi connectivity index (χ1v) is 11.5. The van der Waals surface area contributed by atoms with Crippen LogP contribution in [0, 0.1) is 17.2 Å². The molecule has 33 heavy (non-hydrogen) atoms. The first-order chi connectivity index (χ1) is 16.0. The van der Waals surface area contributed by atoms with Gasteiger partial charge in [-0.05, 0) is 44.6 Å². The molecule has 2 fully saturated rings. The number of nitrogens with one attached hydrogen (secondary N) is 4. The maximum atomic E-state index is 13.0. The van der Waals surface area contributed by atoms with Crippen molar-refractivity contribution in [3.05, 3.63) is 40.7 Å². The topological polar surface area (TPSA) is 132 Å². The van der Waals surface area contributed by atoms with E-state index in [9.17, 15) is 9.59 Å². The van der Waals surface area contributed by atoms with Crippen molar-refractivity contribution in [2.24, 2.45) is 5.92 Å². The number of halogens is 1. The van der Waals surface area contributed by atoms with Crippen molar-refractivity contribution in [3.63, 3.8) is 0 Å². The molecular weight excluding hydrogens is 442 g/mol. The normalized spacial score (nSPS) is 19.8. The Morgan fingerprint density at radius 3 is 2.42 bits per heavy atom. The third-order valence-electron chi connectivity index (χ3n) is 5.98. The Bertz CT molecular complexity index is 1090. The van der Waals surface area contributed by atoms with Gasteiger partial charge in [0.05, 0.1) is 21.8 Å². The molecule has 2 saturated carbocycles. The molecule has 2 aliphatic carbocycles. The van der Waals surface area contributed by atoms with E-state index in [2.05, 4.69) is 31.2 Å². The molecule has 2 heterocycles.